The SMILES string of the molecule is CC1CCNCC1NC(=O)C1=CN2CCS(=O)(=O)N=C2C=C1.Cl. The molecule has 0 aromatic carbocycles. The molecule has 1 amide bonds. The number of sulfonamides is 1. The third-order valence-electron chi connectivity index (χ3n) is 4.23. The van der Waals surface area contributed by atoms with Crippen LogP contribution in [-0.4, -0.2) is 56.5 Å². The van der Waals surface area contributed by atoms with E-state index in [4.69, 9.17) is 0 Å². The minimum atomic E-state index is -3.36. The monoisotopic (exact) mass is 360 g/mol. The van der Waals surface area contributed by atoms with Crippen molar-refractivity contribution in [3.8, 4) is 0 Å². The molecule has 9 heteroatoms. The van der Waals surface area contributed by atoms with E-state index < -0.39 is 10.0 Å². The van der Waals surface area contributed by atoms with Gasteiger partial charge in [-0.25, -0.2) is 8.42 Å². The lowest BCUT2D eigenvalue weighted by Gasteiger charge is -2.31. The Morgan fingerprint density at radius 2 is 2.22 bits per heavy atom. The molecule has 2 unspecified atom stereocenters. The molecule has 3 aliphatic heterocycles. The molecule has 0 saturated carbocycles. The lowest BCUT2D eigenvalue weighted by Crippen LogP contribution is -2.50. The third-order valence-corrected chi connectivity index (χ3v) is 5.39. The van der Waals surface area contributed by atoms with Gasteiger partial charge in [0.25, 0.3) is 15.9 Å². The lowest BCUT2D eigenvalue weighted by atomic mass is 9.94. The molecule has 0 bridgehead atoms. The summed E-state index contributed by atoms with van der Waals surface area (Å²) in [4.78, 5) is 14.1. The van der Waals surface area contributed by atoms with Crippen molar-refractivity contribution in [3.63, 3.8) is 0 Å². The predicted molar refractivity (Wildman–Crippen MR) is 91.0 cm³/mol. The number of fused-ring (bicyclic) bond motifs is 1. The maximum absolute atomic E-state index is 12.4. The first-order valence-corrected chi connectivity index (χ1v) is 9.06. The Morgan fingerprint density at radius 3 is 2.96 bits per heavy atom. The Hall–Kier alpha value is -1.38. The van der Waals surface area contributed by atoms with Gasteiger partial charge in [0.15, 0.2) is 0 Å². The number of halogens is 1. The van der Waals surface area contributed by atoms with Gasteiger partial charge >= 0.3 is 0 Å². The average molecular weight is 361 g/mol. The Balaban J connectivity index is 0.00000192. The van der Waals surface area contributed by atoms with Crippen molar-refractivity contribution >= 4 is 34.2 Å². The predicted octanol–water partition coefficient (Wildman–Crippen LogP) is 0.0200. The first-order valence-electron chi connectivity index (χ1n) is 7.45. The quantitative estimate of drug-likeness (QED) is 0.724. The van der Waals surface area contributed by atoms with E-state index in [2.05, 4.69) is 22.0 Å². The molecule has 0 aromatic rings. The van der Waals surface area contributed by atoms with Crippen LogP contribution in [-0.2, 0) is 14.8 Å². The number of carbonyl (C=O) groups excluding carboxylic acids is 1. The highest BCUT2D eigenvalue weighted by atomic mass is 35.5. The van der Waals surface area contributed by atoms with E-state index in [1.807, 2.05) is 0 Å². The maximum atomic E-state index is 12.4. The minimum absolute atomic E-state index is 0. The van der Waals surface area contributed by atoms with Crippen LogP contribution in [0.5, 0.6) is 0 Å². The second-order valence-electron chi connectivity index (χ2n) is 5.90. The number of rotatable bonds is 2. The van der Waals surface area contributed by atoms with Crippen molar-refractivity contribution in [2.24, 2.45) is 10.3 Å². The molecule has 3 rings (SSSR count). The van der Waals surface area contributed by atoms with Crippen LogP contribution in [0.25, 0.3) is 0 Å². The Labute approximate surface area is 142 Å². The van der Waals surface area contributed by atoms with E-state index in [9.17, 15) is 13.2 Å². The molecule has 0 radical (unpaired) electrons. The van der Waals surface area contributed by atoms with Crippen molar-refractivity contribution in [1.82, 2.24) is 15.5 Å². The van der Waals surface area contributed by atoms with Gasteiger partial charge in [-0.3, -0.25) is 4.79 Å². The molecule has 1 fully saturated rings. The van der Waals surface area contributed by atoms with Crippen molar-refractivity contribution in [1.29, 1.82) is 0 Å². The highest BCUT2D eigenvalue weighted by molar-refractivity contribution is 7.90. The van der Waals surface area contributed by atoms with Crippen LogP contribution in [0.15, 0.2) is 28.3 Å². The summed E-state index contributed by atoms with van der Waals surface area (Å²) in [6, 6.07) is 0.118. The van der Waals surface area contributed by atoms with Crippen LogP contribution in [0.1, 0.15) is 13.3 Å². The summed E-state index contributed by atoms with van der Waals surface area (Å²) in [5.74, 6) is 0.648. The summed E-state index contributed by atoms with van der Waals surface area (Å²) in [6.45, 7) is 4.22. The number of nitrogens with zero attached hydrogens (tertiary/aromatic N) is 2. The summed E-state index contributed by atoms with van der Waals surface area (Å²) in [6.07, 6.45) is 5.91. The Kier molecular flexibility index (Phi) is 5.49. The molecule has 2 atom stereocenters. The normalized spacial score (nSPS) is 28.8. The molecule has 7 nitrogen and oxygen atoms in total. The third kappa shape index (κ3) is 4.13. The highest BCUT2D eigenvalue weighted by Gasteiger charge is 2.27. The van der Waals surface area contributed by atoms with Crippen LogP contribution in [0.4, 0.5) is 0 Å². The van der Waals surface area contributed by atoms with Gasteiger partial charge in [0.2, 0.25) is 0 Å². The number of amidine groups is 1. The van der Waals surface area contributed by atoms with Crippen LogP contribution >= 0.6 is 12.4 Å². The van der Waals surface area contributed by atoms with Crippen LogP contribution < -0.4 is 10.6 Å². The number of amides is 1. The van der Waals surface area contributed by atoms with Gasteiger partial charge in [0.1, 0.15) is 5.84 Å². The fraction of sp³-hybridized carbons (Fsp3) is 0.571. The molecule has 1 saturated heterocycles. The lowest BCUT2D eigenvalue weighted by molar-refractivity contribution is -0.118. The van der Waals surface area contributed by atoms with Gasteiger partial charge in [0, 0.05) is 25.3 Å². The first-order chi connectivity index (χ1) is 10.4. The second-order valence-corrected chi connectivity index (χ2v) is 7.65. The Morgan fingerprint density at radius 1 is 1.43 bits per heavy atom. The van der Waals surface area contributed by atoms with Crippen LogP contribution in [0.3, 0.4) is 0 Å². The number of hydrogen-bond acceptors (Lipinski definition) is 5. The molecule has 3 heterocycles. The van der Waals surface area contributed by atoms with Crippen LogP contribution in [0, 0.1) is 5.92 Å². The highest BCUT2D eigenvalue weighted by Crippen LogP contribution is 2.17. The minimum Gasteiger partial charge on any atom is -0.348 e. The van der Waals surface area contributed by atoms with Crippen molar-refractivity contribution in [2.45, 2.75) is 19.4 Å². The topological polar surface area (TPSA) is 90.9 Å². The number of nitrogens with one attached hydrogen (secondary N) is 2. The van der Waals surface area contributed by atoms with Gasteiger partial charge in [-0.2, -0.15) is 0 Å². The summed E-state index contributed by atoms with van der Waals surface area (Å²) < 4.78 is 26.6. The van der Waals surface area contributed by atoms with Crippen molar-refractivity contribution in [3.05, 3.63) is 23.9 Å². The fourth-order valence-electron chi connectivity index (χ4n) is 2.77. The summed E-state index contributed by atoms with van der Waals surface area (Å²) in [7, 11) is -3.36. The Bertz CT molecular complexity index is 672. The van der Waals surface area contributed by atoms with E-state index in [1.165, 1.54) is 0 Å². The maximum Gasteiger partial charge on any atom is 0.256 e. The van der Waals surface area contributed by atoms with Gasteiger partial charge in [-0.05, 0) is 31.0 Å². The first kappa shape index (κ1) is 18.0. The van der Waals surface area contributed by atoms with Gasteiger partial charge in [-0.15, -0.1) is 16.8 Å². The molecule has 128 valence electrons. The molecule has 0 aliphatic carbocycles. The van der Waals surface area contributed by atoms with Gasteiger partial charge in [0.05, 0.1) is 11.3 Å². The molecule has 0 aromatic heterocycles. The summed E-state index contributed by atoms with van der Waals surface area (Å²) in [5, 5.41) is 6.32. The second kappa shape index (κ2) is 7.02. The standard InChI is InChI=1S/C14H20N4O3S.ClH/c1-10-4-5-15-8-12(10)16-14(19)11-2-3-13-17-22(20,21)7-6-18(13)9-11;/h2-3,9-10,12,15H,4-8H2,1H3,(H,16,19);1H. The molecule has 23 heavy (non-hydrogen) atoms. The molecule has 0 spiro atoms. The molecular weight excluding hydrogens is 340 g/mol. The zero-order valence-electron chi connectivity index (χ0n) is 12.9. The largest absolute Gasteiger partial charge is 0.348 e. The molecule has 2 N–H and O–H groups in total. The van der Waals surface area contributed by atoms with E-state index in [0.717, 1.165) is 19.5 Å². The molecule has 3 aliphatic rings. The number of hydrogen-bond donors (Lipinski definition) is 2. The average Bonchev–Trinajstić information content (AvgIpc) is 2.48. The van der Waals surface area contributed by atoms with E-state index >= 15 is 0 Å². The van der Waals surface area contributed by atoms with E-state index in [0.29, 0.717) is 23.9 Å². The van der Waals surface area contributed by atoms with E-state index in [-0.39, 0.29) is 30.1 Å². The summed E-state index contributed by atoms with van der Waals surface area (Å²) >= 11 is 0. The number of piperidine rings is 1. The fourth-order valence-corrected chi connectivity index (χ4v) is 3.74. The van der Waals surface area contributed by atoms with E-state index in [1.54, 1.807) is 23.3 Å². The van der Waals surface area contributed by atoms with Gasteiger partial charge in [-0.1, -0.05) is 6.92 Å². The van der Waals surface area contributed by atoms with Crippen LogP contribution in [0.2, 0.25) is 0 Å². The zero-order valence-corrected chi connectivity index (χ0v) is 14.5. The summed E-state index contributed by atoms with van der Waals surface area (Å²) in [5.41, 5.74) is 0.524. The van der Waals surface area contributed by atoms with Gasteiger partial charge < -0.3 is 15.5 Å². The zero-order chi connectivity index (χ0) is 15.7. The smallest absolute Gasteiger partial charge is 0.256 e. The van der Waals surface area contributed by atoms with Crippen molar-refractivity contribution in [2.75, 3.05) is 25.4 Å². The van der Waals surface area contributed by atoms with Crippen molar-refractivity contribution < 1.29 is 13.2 Å². The number of carbonyl (C=O) groups is 1. The molecular formula is C14H21ClN4O3S.